The first-order valence-corrected chi connectivity index (χ1v) is 10.4. The molecule has 1 aliphatic rings. The van der Waals surface area contributed by atoms with E-state index >= 15 is 0 Å². The first kappa shape index (κ1) is 20.4. The monoisotopic (exact) mass is 382 g/mol. The third kappa shape index (κ3) is 5.81. The van der Waals surface area contributed by atoms with Crippen molar-refractivity contribution >= 4 is 21.9 Å². The van der Waals surface area contributed by atoms with E-state index < -0.39 is 16.0 Å². The Morgan fingerprint density at radius 1 is 1.04 bits per heavy atom. The zero-order valence-corrected chi connectivity index (χ0v) is 15.6. The van der Waals surface area contributed by atoms with Crippen molar-refractivity contribution in [3.05, 3.63) is 29.8 Å². The molecule has 0 aliphatic carbocycles. The third-order valence-corrected chi connectivity index (χ3v) is 6.43. The largest absolute Gasteiger partial charge is 0.481 e. The van der Waals surface area contributed by atoms with Crippen LogP contribution in [0.3, 0.4) is 0 Å². The fourth-order valence-electron chi connectivity index (χ4n) is 2.99. The molecule has 2 N–H and O–H groups in total. The van der Waals surface area contributed by atoms with Crippen LogP contribution < -0.4 is 5.32 Å². The van der Waals surface area contributed by atoms with Crippen molar-refractivity contribution in [3.63, 3.8) is 0 Å². The fourth-order valence-corrected chi connectivity index (χ4v) is 4.73. The number of sulfonamides is 1. The average molecular weight is 382 g/mol. The van der Waals surface area contributed by atoms with E-state index in [4.69, 9.17) is 5.11 Å². The van der Waals surface area contributed by atoms with Crippen LogP contribution in [-0.4, -0.2) is 42.8 Å². The molecule has 7 nitrogen and oxygen atoms in total. The predicted molar refractivity (Wildman–Crippen MR) is 97.0 cm³/mol. The van der Waals surface area contributed by atoms with E-state index in [2.05, 4.69) is 5.32 Å². The maximum atomic E-state index is 12.9. The number of nitrogens with one attached hydrogen (secondary N) is 1. The van der Waals surface area contributed by atoms with Gasteiger partial charge >= 0.3 is 5.97 Å². The van der Waals surface area contributed by atoms with Gasteiger partial charge in [-0.05, 0) is 37.3 Å². The van der Waals surface area contributed by atoms with Gasteiger partial charge in [0.2, 0.25) is 15.9 Å². The molecule has 8 heteroatoms. The lowest BCUT2D eigenvalue weighted by atomic mass is 10.2. The summed E-state index contributed by atoms with van der Waals surface area (Å²) in [6.07, 6.45) is 4.00. The van der Waals surface area contributed by atoms with Crippen LogP contribution in [0.5, 0.6) is 0 Å². The molecule has 1 aromatic rings. The SMILES string of the molecule is O=C(O)CCCCC(=O)NCc1ccccc1S(=O)(=O)N1CCCCC1. The number of piperidine rings is 1. The Bertz CT molecular complexity index is 727. The first-order chi connectivity index (χ1) is 12.4. The van der Waals surface area contributed by atoms with Gasteiger partial charge < -0.3 is 10.4 Å². The fraction of sp³-hybridized carbons (Fsp3) is 0.556. The molecule has 1 saturated heterocycles. The second kappa shape index (κ2) is 9.68. The van der Waals surface area contributed by atoms with E-state index in [1.165, 1.54) is 4.31 Å². The normalized spacial score (nSPS) is 15.5. The number of aliphatic carboxylic acids is 1. The van der Waals surface area contributed by atoms with Crippen molar-refractivity contribution in [2.45, 2.75) is 56.4 Å². The minimum Gasteiger partial charge on any atom is -0.481 e. The Morgan fingerprint density at radius 2 is 1.69 bits per heavy atom. The zero-order valence-electron chi connectivity index (χ0n) is 14.8. The van der Waals surface area contributed by atoms with Crippen molar-refractivity contribution in [3.8, 4) is 0 Å². The summed E-state index contributed by atoms with van der Waals surface area (Å²) in [7, 11) is -3.55. The van der Waals surface area contributed by atoms with Gasteiger partial charge in [-0.25, -0.2) is 8.42 Å². The van der Waals surface area contributed by atoms with Crippen LogP contribution >= 0.6 is 0 Å². The molecular weight excluding hydrogens is 356 g/mol. The quantitative estimate of drug-likeness (QED) is 0.637. The molecule has 0 unspecified atom stereocenters. The van der Waals surface area contributed by atoms with Crippen molar-refractivity contribution in [1.82, 2.24) is 9.62 Å². The summed E-state index contributed by atoms with van der Waals surface area (Å²) < 4.78 is 27.3. The molecule has 1 heterocycles. The topological polar surface area (TPSA) is 104 Å². The molecule has 26 heavy (non-hydrogen) atoms. The van der Waals surface area contributed by atoms with Gasteiger partial charge in [-0.1, -0.05) is 24.6 Å². The molecule has 0 radical (unpaired) electrons. The van der Waals surface area contributed by atoms with Crippen molar-refractivity contribution < 1.29 is 23.1 Å². The number of hydrogen-bond donors (Lipinski definition) is 2. The summed E-state index contributed by atoms with van der Waals surface area (Å²) in [6.45, 7) is 1.21. The van der Waals surface area contributed by atoms with E-state index in [9.17, 15) is 18.0 Å². The molecule has 0 saturated carbocycles. The number of carbonyl (C=O) groups excluding carboxylic acids is 1. The molecule has 1 amide bonds. The minimum absolute atomic E-state index is 0.0458. The number of carbonyl (C=O) groups is 2. The van der Waals surface area contributed by atoms with Crippen LogP contribution in [-0.2, 0) is 26.2 Å². The smallest absolute Gasteiger partial charge is 0.303 e. The van der Waals surface area contributed by atoms with Crippen LogP contribution in [0.25, 0.3) is 0 Å². The lowest BCUT2D eigenvalue weighted by molar-refractivity contribution is -0.137. The Labute approximate surface area is 154 Å². The summed E-state index contributed by atoms with van der Waals surface area (Å²) >= 11 is 0. The Balaban J connectivity index is 1.96. The van der Waals surface area contributed by atoms with E-state index in [0.717, 1.165) is 19.3 Å². The van der Waals surface area contributed by atoms with Crippen LogP contribution in [0.1, 0.15) is 50.5 Å². The van der Waals surface area contributed by atoms with Gasteiger partial charge in [-0.15, -0.1) is 0 Å². The highest BCUT2D eigenvalue weighted by Crippen LogP contribution is 2.23. The Morgan fingerprint density at radius 3 is 2.38 bits per heavy atom. The van der Waals surface area contributed by atoms with E-state index in [-0.39, 0.29) is 30.2 Å². The van der Waals surface area contributed by atoms with E-state index in [1.54, 1.807) is 24.3 Å². The summed E-state index contributed by atoms with van der Waals surface area (Å²) in [5, 5.41) is 11.3. The highest BCUT2D eigenvalue weighted by molar-refractivity contribution is 7.89. The highest BCUT2D eigenvalue weighted by atomic mass is 32.2. The molecule has 0 aromatic heterocycles. The number of hydrogen-bond acceptors (Lipinski definition) is 4. The predicted octanol–water partition coefficient (Wildman–Crippen LogP) is 2.12. The summed E-state index contributed by atoms with van der Waals surface area (Å²) in [6, 6.07) is 6.73. The zero-order chi connectivity index (χ0) is 19.0. The van der Waals surface area contributed by atoms with Crippen LogP contribution in [0.2, 0.25) is 0 Å². The molecule has 0 atom stereocenters. The van der Waals surface area contributed by atoms with Crippen LogP contribution in [0.15, 0.2) is 29.2 Å². The third-order valence-electron chi connectivity index (χ3n) is 4.43. The van der Waals surface area contributed by atoms with Crippen molar-refractivity contribution in [2.75, 3.05) is 13.1 Å². The number of benzene rings is 1. The van der Waals surface area contributed by atoms with Gasteiger partial charge in [0.25, 0.3) is 0 Å². The highest BCUT2D eigenvalue weighted by Gasteiger charge is 2.27. The lowest BCUT2D eigenvalue weighted by Gasteiger charge is -2.26. The standard InChI is InChI=1S/C18H26N2O5S/c21-17(10-4-5-11-18(22)23)19-14-15-8-2-3-9-16(15)26(24,25)20-12-6-1-7-13-20/h2-3,8-9H,1,4-7,10-14H2,(H,19,21)(H,22,23). The Hall–Kier alpha value is -1.93. The first-order valence-electron chi connectivity index (χ1n) is 8.98. The van der Waals surface area contributed by atoms with Gasteiger partial charge in [0, 0.05) is 32.5 Å². The van der Waals surface area contributed by atoms with Gasteiger partial charge in [-0.3, -0.25) is 9.59 Å². The number of nitrogens with zero attached hydrogens (tertiary/aromatic N) is 1. The van der Waals surface area contributed by atoms with Gasteiger partial charge in [0.1, 0.15) is 0 Å². The number of carboxylic acids is 1. The lowest BCUT2D eigenvalue weighted by Crippen LogP contribution is -2.36. The van der Waals surface area contributed by atoms with Crippen LogP contribution in [0, 0.1) is 0 Å². The molecule has 0 bridgehead atoms. The van der Waals surface area contributed by atoms with Crippen molar-refractivity contribution in [2.24, 2.45) is 0 Å². The van der Waals surface area contributed by atoms with Gasteiger partial charge in [0.05, 0.1) is 4.90 Å². The van der Waals surface area contributed by atoms with Gasteiger partial charge in [0.15, 0.2) is 0 Å². The molecule has 2 rings (SSSR count). The van der Waals surface area contributed by atoms with Crippen molar-refractivity contribution in [1.29, 1.82) is 0 Å². The second-order valence-electron chi connectivity index (χ2n) is 6.45. The van der Waals surface area contributed by atoms with Crippen LogP contribution in [0.4, 0.5) is 0 Å². The Kier molecular flexibility index (Phi) is 7.59. The number of amides is 1. The number of rotatable bonds is 9. The average Bonchev–Trinajstić information content (AvgIpc) is 2.64. The molecule has 1 aliphatic heterocycles. The maximum Gasteiger partial charge on any atom is 0.303 e. The maximum absolute atomic E-state index is 12.9. The number of carboxylic acid groups (broad SMARTS) is 1. The minimum atomic E-state index is -3.55. The summed E-state index contributed by atoms with van der Waals surface area (Å²) in [5.74, 6) is -1.08. The van der Waals surface area contributed by atoms with E-state index in [1.807, 2.05) is 0 Å². The second-order valence-corrected chi connectivity index (χ2v) is 8.36. The number of unbranched alkanes of at least 4 members (excludes halogenated alkanes) is 1. The van der Waals surface area contributed by atoms with E-state index in [0.29, 0.717) is 31.5 Å². The molecule has 144 valence electrons. The molecule has 0 spiro atoms. The molecule has 1 aromatic carbocycles. The molecule has 1 fully saturated rings. The van der Waals surface area contributed by atoms with Gasteiger partial charge in [-0.2, -0.15) is 4.31 Å². The summed E-state index contributed by atoms with van der Waals surface area (Å²) in [5.41, 5.74) is 0.567. The molecular formula is C18H26N2O5S. The summed E-state index contributed by atoms with van der Waals surface area (Å²) in [4.78, 5) is 22.6.